The quantitative estimate of drug-likeness (QED) is 0.880. The average Bonchev–Trinajstić information content (AvgIpc) is 2.68. The van der Waals surface area contributed by atoms with E-state index in [1.165, 1.54) is 12.1 Å². The standard InChI is InChI=1S/C15H24N2O2/c1-13(12-18-2)19-15-7-4-3-6-14(15)17-10-5-8-16-9-11-17/h3-4,6-7,13,16H,5,8-12H2,1-2H3. The molecule has 1 aromatic rings. The van der Waals surface area contributed by atoms with Gasteiger partial charge in [0.15, 0.2) is 0 Å². The van der Waals surface area contributed by atoms with Gasteiger partial charge < -0.3 is 19.7 Å². The van der Waals surface area contributed by atoms with Crippen molar-refractivity contribution < 1.29 is 9.47 Å². The second-order valence-electron chi connectivity index (χ2n) is 4.94. The highest BCUT2D eigenvalue weighted by Crippen LogP contribution is 2.29. The zero-order valence-corrected chi connectivity index (χ0v) is 11.9. The van der Waals surface area contributed by atoms with Crippen LogP contribution in [-0.4, -0.2) is 46.0 Å². The molecule has 0 spiro atoms. The van der Waals surface area contributed by atoms with Gasteiger partial charge in [0.2, 0.25) is 0 Å². The third-order valence-corrected chi connectivity index (χ3v) is 3.28. The van der Waals surface area contributed by atoms with Gasteiger partial charge in [-0.15, -0.1) is 0 Å². The minimum absolute atomic E-state index is 0.0660. The highest BCUT2D eigenvalue weighted by Gasteiger charge is 2.15. The summed E-state index contributed by atoms with van der Waals surface area (Å²) in [6, 6.07) is 8.27. The first-order valence-electron chi connectivity index (χ1n) is 7.01. The van der Waals surface area contributed by atoms with E-state index in [0.717, 1.165) is 31.9 Å². The molecule has 106 valence electrons. The molecule has 1 heterocycles. The molecular weight excluding hydrogens is 240 g/mol. The first-order valence-corrected chi connectivity index (χ1v) is 7.01. The molecule has 1 N–H and O–H groups in total. The molecule has 0 radical (unpaired) electrons. The molecule has 2 rings (SSSR count). The SMILES string of the molecule is COCC(C)Oc1ccccc1N1CCCNCC1. The van der Waals surface area contributed by atoms with Gasteiger partial charge in [0.1, 0.15) is 11.9 Å². The highest BCUT2D eigenvalue weighted by molar-refractivity contribution is 5.58. The van der Waals surface area contributed by atoms with Crippen LogP contribution in [0, 0.1) is 0 Å². The number of para-hydroxylation sites is 2. The van der Waals surface area contributed by atoms with Gasteiger partial charge in [-0.1, -0.05) is 12.1 Å². The van der Waals surface area contributed by atoms with E-state index in [0.29, 0.717) is 6.61 Å². The number of hydrogen-bond donors (Lipinski definition) is 1. The van der Waals surface area contributed by atoms with Gasteiger partial charge in [0.25, 0.3) is 0 Å². The summed E-state index contributed by atoms with van der Waals surface area (Å²) < 4.78 is 11.1. The Kier molecular flexibility index (Phi) is 5.48. The Balaban J connectivity index is 2.10. The van der Waals surface area contributed by atoms with Crippen molar-refractivity contribution in [3.8, 4) is 5.75 Å². The van der Waals surface area contributed by atoms with E-state index in [1.807, 2.05) is 19.1 Å². The number of rotatable bonds is 5. The van der Waals surface area contributed by atoms with E-state index in [-0.39, 0.29) is 6.10 Å². The molecule has 1 aromatic carbocycles. The fraction of sp³-hybridized carbons (Fsp3) is 0.600. The highest BCUT2D eigenvalue weighted by atomic mass is 16.5. The Bertz CT molecular complexity index is 376. The lowest BCUT2D eigenvalue weighted by atomic mass is 10.2. The molecule has 4 heteroatoms. The minimum Gasteiger partial charge on any atom is -0.486 e. The Morgan fingerprint density at radius 2 is 2.11 bits per heavy atom. The molecule has 0 aliphatic carbocycles. The topological polar surface area (TPSA) is 33.7 Å². The summed E-state index contributed by atoms with van der Waals surface area (Å²) in [6.45, 7) is 6.87. The molecule has 1 aliphatic heterocycles. The number of nitrogens with zero attached hydrogens (tertiary/aromatic N) is 1. The van der Waals surface area contributed by atoms with Crippen LogP contribution in [0.15, 0.2) is 24.3 Å². The van der Waals surface area contributed by atoms with Gasteiger partial charge in [-0.05, 0) is 32.0 Å². The fourth-order valence-electron chi connectivity index (χ4n) is 2.39. The second kappa shape index (κ2) is 7.36. The number of ether oxygens (including phenoxy) is 2. The molecule has 19 heavy (non-hydrogen) atoms. The summed E-state index contributed by atoms with van der Waals surface area (Å²) in [4.78, 5) is 2.40. The van der Waals surface area contributed by atoms with Gasteiger partial charge in [0, 0.05) is 26.7 Å². The summed E-state index contributed by atoms with van der Waals surface area (Å²) in [6.07, 6.45) is 1.23. The van der Waals surface area contributed by atoms with E-state index in [9.17, 15) is 0 Å². The monoisotopic (exact) mass is 264 g/mol. The molecule has 0 aromatic heterocycles. The molecule has 1 saturated heterocycles. The number of anilines is 1. The van der Waals surface area contributed by atoms with Crippen LogP contribution in [0.5, 0.6) is 5.75 Å². The summed E-state index contributed by atoms with van der Waals surface area (Å²) in [7, 11) is 1.70. The maximum atomic E-state index is 5.99. The largest absolute Gasteiger partial charge is 0.486 e. The first-order chi connectivity index (χ1) is 9.31. The molecule has 0 saturated carbocycles. The molecule has 1 aliphatic rings. The Morgan fingerprint density at radius 3 is 2.95 bits per heavy atom. The van der Waals surface area contributed by atoms with Gasteiger partial charge in [-0.2, -0.15) is 0 Å². The van der Waals surface area contributed by atoms with Crippen molar-refractivity contribution in [2.24, 2.45) is 0 Å². The van der Waals surface area contributed by atoms with Crippen LogP contribution in [0.1, 0.15) is 13.3 Å². The van der Waals surface area contributed by atoms with Crippen molar-refractivity contribution in [3.63, 3.8) is 0 Å². The molecule has 0 amide bonds. The van der Waals surface area contributed by atoms with Gasteiger partial charge in [-0.3, -0.25) is 0 Å². The van der Waals surface area contributed by atoms with Gasteiger partial charge in [-0.25, -0.2) is 0 Å². The molecular formula is C15H24N2O2. The zero-order valence-electron chi connectivity index (χ0n) is 11.9. The van der Waals surface area contributed by atoms with E-state index in [2.05, 4.69) is 22.3 Å². The summed E-state index contributed by atoms with van der Waals surface area (Å²) in [5, 5.41) is 3.43. The second-order valence-corrected chi connectivity index (χ2v) is 4.94. The molecule has 1 unspecified atom stereocenters. The normalized spacial score (nSPS) is 17.9. The maximum absolute atomic E-state index is 5.99. The number of hydrogen-bond acceptors (Lipinski definition) is 4. The maximum Gasteiger partial charge on any atom is 0.143 e. The van der Waals surface area contributed by atoms with Crippen molar-refractivity contribution in [2.45, 2.75) is 19.4 Å². The lowest BCUT2D eigenvalue weighted by Gasteiger charge is -2.26. The molecule has 1 fully saturated rings. The predicted molar refractivity (Wildman–Crippen MR) is 78.1 cm³/mol. The van der Waals surface area contributed by atoms with Gasteiger partial charge in [0.05, 0.1) is 12.3 Å². The minimum atomic E-state index is 0.0660. The summed E-state index contributed by atoms with van der Waals surface area (Å²) >= 11 is 0. The predicted octanol–water partition coefficient (Wildman–Crippen LogP) is 1.90. The summed E-state index contributed by atoms with van der Waals surface area (Å²) in [5.41, 5.74) is 1.19. The Morgan fingerprint density at radius 1 is 1.26 bits per heavy atom. The van der Waals surface area contributed by atoms with Crippen LogP contribution >= 0.6 is 0 Å². The third kappa shape index (κ3) is 4.11. The van der Waals surface area contributed by atoms with Gasteiger partial charge >= 0.3 is 0 Å². The third-order valence-electron chi connectivity index (χ3n) is 3.28. The number of methoxy groups -OCH3 is 1. The van der Waals surface area contributed by atoms with Crippen LogP contribution in [0.25, 0.3) is 0 Å². The van der Waals surface area contributed by atoms with Crippen LogP contribution in [0.3, 0.4) is 0 Å². The fourth-order valence-corrected chi connectivity index (χ4v) is 2.39. The lowest BCUT2D eigenvalue weighted by molar-refractivity contribution is 0.0923. The number of benzene rings is 1. The van der Waals surface area contributed by atoms with Crippen LogP contribution in [-0.2, 0) is 4.74 Å². The molecule has 0 bridgehead atoms. The van der Waals surface area contributed by atoms with Crippen molar-refractivity contribution >= 4 is 5.69 Å². The number of nitrogens with one attached hydrogen (secondary N) is 1. The van der Waals surface area contributed by atoms with Crippen LogP contribution < -0.4 is 15.0 Å². The van der Waals surface area contributed by atoms with Crippen molar-refractivity contribution in [1.82, 2.24) is 5.32 Å². The first kappa shape index (κ1) is 14.2. The van der Waals surface area contributed by atoms with Crippen LogP contribution in [0.4, 0.5) is 5.69 Å². The van der Waals surface area contributed by atoms with E-state index < -0.39 is 0 Å². The van der Waals surface area contributed by atoms with Crippen LogP contribution in [0.2, 0.25) is 0 Å². The van der Waals surface area contributed by atoms with Crippen molar-refractivity contribution in [2.75, 3.05) is 44.8 Å². The average molecular weight is 264 g/mol. The van der Waals surface area contributed by atoms with E-state index in [1.54, 1.807) is 7.11 Å². The Hall–Kier alpha value is -1.26. The molecule has 1 atom stereocenters. The lowest BCUT2D eigenvalue weighted by Crippen LogP contribution is -2.29. The molecule has 4 nitrogen and oxygen atoms in total. The van der Waals surface area contributed by atoms with Crippen molar-refractivity contribution in [3.05, 3.63) is 24.3 Å². The summed E-state index contributed by atoms with van der Waals surface area (Å²) in [5.74, 6) is 0.953. The van der Waals surface area contributed by atoms with E-state index >= 15 is 0 Å². The van der Waals surface area contributed by atoms with E-state index in [4.69, 9.17) is 9.47 Å². The van der Waals surface area contributed by atoms with Crippen molar-refractivity contribution in [1.29, 1.82) is 0 Å². The smallest absolute Gasteiger partial charge is 0.143 e. The zero-order chi connectivity index (χ0) is 13.5. The Labute approximate surface area is 115 Å².